The number of nitrogens with zero attached hydrogens (tertiary/aromatic N) is 2. The molecule has 2 N–H and O–H groups in total. The van der Waals surface area contributed by atoms with Crippen molar-refractivity contribution in [2.75, 3.05) is 19.0 Å². The minimum Gasteiger partial charge on any atom is -0.481 e. The number of anilines is 1. The molecular formula is C14H21N3O4. The van der Waals surface area contributed by atoms with Crippen molar-refractivity contribution in [2.45, 2.75) is 33.6 Å². The highest BCUT2D eigenvalue weighted by Gasteiger charge is 2.34. The van der Waals surface area contributed by atoms with Crippen molar-refractivity contribution in [2.24, 2.45) is 5.41 Å². The molecule has 0 saturated carbocycles. The van der Waals surface area contributed by atoms with Gasteiger partial charge in [-0.1, -0.05) is 13.8 Å². The third-order valence-corrected chi connectivity index (χ3v) is 3.64. The van der Waals surface area contributed by atoms with E-state index in [1.807, 2.05) is 13.8 Å². The lowest BCUT2D eigenvalue weighted by Gasteiger charge is -2.27. The van der Waals surface area contributed by atoms with Gasteiger partial charge in [0.2, 0.25) is 5.82 Å². The van der Waals surface area contributed by atoms with E-state index in [2.05, 4.69) is 20.0 Å². The van der Waals surface area contributed by atoms with Crippen LogP contribution in [0.5, 0.6) is 0 Å². The van der Waals surface area contributed by atoms with E-state index in [0.717, 1.165) is 0 Å². The molecule has 1 aromatic heterocycles. The number of carboxylic acids is 1. The first-order valence-electron chi connectivity index (χ1n) is 6.79. The van der Waals surface area contributed by atoms with Crippen LogP contribution in [0, 0.1) is 12.3 Å². The zero-order valence-electron chi connectivity index (χ0n) is 12.8. The summed E-state index contributed by atoms with van der Waals surface area (Å²) in [6.45, 7) is 5.63. The Morgan fingerprint density at radius 3 is 2.43 bits per heavy atom. The van der Waals surface area contributed by atoms with E-state index in [1.54, 1.807) is 13.0 Å². The minimum atomic E-state index is -0.857. The lowest BCUT2D eigenvalue weighted by atomic mass is 9.82. The van der Waals surface area contributed by atoms with Gasteiger partial charge in [0.1, 0.15) is 5.82 Å². The third-order valence-electron chi connectivity index (χ3n) is 3.64. The largest absolute Gasteiger partial charge is 0.481 e. The van der Waals surface area contributed by atoms with Gasteiger partial charge in [0.25, 0.3) is 0 Å². The molecular weight excluding hydrogens is 274 g/mol. The average Bonchev–Trinajstić information content (AvgIpc) is 2.47. The van der Waals surface area contributed by atoms with E-state index in [9.17, 15) is 14.7 Å². The number of esters is 1. The molecule has 0 fully saturated rings. The Kier molecular flexibility index (Phi) is 5.63. The number of nitrogens with one attached hydrogen (secondary N) is 1. The molecule has 0 atom stereocenters. The summed E-state index contributed by atoms with van der Waals surface area (Å²) in [5.41, 5.74) is -0.258. The molecule has 0 radical (unpaired) electrons. The predicted molar refractivity (Wildman–Crippen MR) is 77.2 cm³/mol. The lowest BCUT2D eigenvalue weighted by molar-refractivity contribution is -0.148. The van der Waals surface area contributed by atoms with Gasteiger partial charge in [-0.3, -0.25) is 4.79 Å². The van der Waals surface area contributed by atoms with Crippen LogP contribution >= 0.6 is 0 Å². The van der Waals surface area contributed by atoms with Crippen LogP contribution in [0.2, 0.25) is 0 Å². The topological polar surface area (TPSA) is 101 Å². The predicted octanol–water partition coefficient (Wildman–Crippen LogP) is 1.87. The van der Waals surface area contributed by atoms with Gasteiger partial charge in [0.05, 0.1) is 12.5 Å². The molecule has 0 saturated heterocycles. The summed E-state index contributed by atoms with van der Waals surface area (Å²) in [6, 6.07) is 1.66. The summed E-state index contributed by atoms with van der Waals surface area (Å²) < 4.78 is 4.59. The van der Waals surface area contributed by atoms with Crippen LogP contribution in [0.4, 0.5) is 5.82 Å². The number of carbonyl (C=O) groups excluding carboxylic acids is 1. The maximum atomic E-state index is 11.5. The molecule has 116 valence electrons. The van der Waals surface area contributed by atoms with Gasteiger partial charge in [-0.2, -0.15) is 0 Å². The number of carboxylic acid groups (broad SMARTS) is 1. The quantitative estimate of drug-likeness (QED) is 0.740. The molecule has 7 nitrogen and oxygen atoms in total. The van der Waals surface area contributed by atoms with Crippen LogP contribution in [0.3, 0.4) is 0 Å². The van der Waals surface area contributed by atoms with Crippen molar-refractivity contribution in [3.8, 4) is 0 Å². The summed E-state index contributed by atoms with van der Waals surface area (Å²) in [5.74, 6) is -1.11. The van der Waals surface area contributed by atoms with Crippen molar-refractivity contribution in [3.63, 3.8) is 0 Å². The van der Waals surface area contributed by atoms with Crippen LogP contribution in [-0.4, -0.2) is 40.7 Å². The van der Waals surface area contributed by atoms with E-state index in [4.69, 9.17) is 0 Å². The molecule has 21 heavy (non-hydrogen) atoms. The first kappa shape index (κ1) is 16.9. The second-order valence-electron chi connectivity index (χ2n) is 4.86. The molecule has 1 rings (SSSR count). The molecule has 7 heteroatoms. The Labute approximate surface area is 123 Å². The Balaban J connectivity index is 2.95. The van der Waals surface area contributed by atoms with E-state index in [-0.39, 0.29) is 12.4 Å². The maximum Gasteiger partial charge on any atom is 0.376 e. The van der Waals surface area contributed by atoms with Crippen molar-refractivity contribution < 1.29 is 19.4 Å². The highest BCUT2D eigenvalue weighted by molar-refractivity contribution is 5.85. The number of aromatic nitrogens is 2. The highest BCUT2D eigenvalue weighted by Crippen LogP contribution is 2.27. The molecule has 0 aliphatic rings. The summed E-state index contributed by atoms with van der Waals surface area (Å²) in [6.07, 6.45) is 1.000. The zero-order valence-corrected chi connectivity index (χ0v) is 12.8. The third kappa shape index (κ3) is 3.90. The Morgan fingerprint density at radius 1 is 1.33 bits per heavy atom. The number of aryl methyl sites for hydroxylation is 1. The Bertz CT molecular complexity index is 527. The second kappa shape index (κ2) is 7.01. The molecule has 0 aromatic carbocycles. The van der Waals surface area contributed by atoms with Crippen LogP contribution in [0.25, 0.3) is 0 Å². The standard InChI is InChI=1S/C14H21N3O4/c1-5-14(6-2,13(19)20)8-15-10-7-9(3)16-11(17-10)12(18)21-4/h7H,5-6,8H2,1-4H3,(H,19,20)(H,15,16,17). The number of methoxy groups -OCH3 is 1. The number of hydrogen-bond donors (Lipinski definition) is 2. The monoisotopic (exact) mass is 295 g/mol. The van der Waals surface area contributed by atoms with Crippen LogP contribution in [0.15, 0.2) is 6.07 Å². The zero-order chi connectivity index (χ0) is 16.0. The first-order chi connectivity index (χ1) is 9.88. The van der Waals surface area contributed by atoms with Crippen molar-refractivity contribution in [1.82, 2.24) is 9.97 Å². The summed E-state index contributed by atoms with van der Waals surface area (Å²) in [5, 5.41) is 12.4. The lowest BCUT2D eigenvalue weighted by Crippen LogP contribution is -2.37. The Hall–Kier alpha value is -2.18. The number of rotatable bonds is 7. The van der Waals surface area contributed by atoms with Gasteiger partial charge in [-0.15, -0.1) is 0 Å². The normalized spacial score (nSPS) is 11.0. The second-order valence-corrected chi connectivity index (χ2v) is 4.86. The molecule has 1 aromatic rings. The average molecular weight is 295 g/mol. The summed E-state index contributed by atoms with van der Waals surface area (Å²) in [4.78, 5) is 30.9. The molecule has 0 amide bonds. The van der Waals surface area contributed by atoms with Gasteiger partial charge in [-0.05, 0) is 19.8 Å². The fraction of sp³-hybridized carbons (Fsp3) is 0.571. The van der Waals surface area contributed by atoms with Gasteiger partial charge in [0.15, 0.2) is 0 Å². The minimum absolute atomic E-state index is 0.0473. The molecule has 0 unspecified atom stereocenters. The highest BCUT2D eigenvalue weighted by atomic mass is 16.5. The van der Waals surface area contributed by atoms with E-state index < -0.39 is 17.4 Å². The maximum absolute atomic E-state index is 11.5. The van der Waals surface area contributed by atoms with Crippen molar-refractivity contribution in [3.05, 3.63) is 17.6 Å². The molecule has 0 aliphatic carbocycles. The summed E-state index contributed by atoms with van der Waals surface area (Å²) >= 11 is 0. The van der Waals surface area contributed by atoms with Crippen LogP contribution in [0.1, 0.15) is 43.0 Å². The molecule has 1 heterocycles. The Morgan fingerprint density at radius 2 is 1.95 bits per heavy atom. The molecule has 0 aliphatic heterocycles. The van der Waals surface area contributed by atoms with E-state index in [0.29, 0.717) is 24.4 Å². The first-order valence-corrected chi connectivity index (χ1v) is 6.79. The van der Waals surface area contributed by atoms with Crippen molar-refractivity contribution >= 4 is 17.8 Å². The SMILES string of the molecule is CCC(CC)(CNc1cc(C)nc(C(=O)OC)n1)C(=O)O. The fourth-order valence-corrected chi connectivity index (χ4v) is 1.98. The van der Waals surface area contributed by atoms with Crippen LogP contribution in [-0.2, 0) is 9.53 Å². The number of ether oxygens (including phenoxy) is 1. The smallest absolute Gasteiger partial charge is 0.376 e. The van der Waals surface area contributed by atoms with Gasteiger partial charge < -0.3 is 15.2 Å². The van der Waals surface area contributed by atoms with Crippen molar-refractivity contribution in [1.29, 1.82) is 0 Å². The van der Waals surface area contributed by atoms with Gasteiger partial charge in [-0.25, -0.2) is 14.8 Å². The molecule has 0 spiro atoms. The number of hydrogen-bond acceptors (Lipinski definition) is 6. The van der Waals surface area contributed by atoms with Gasteiger partial charge >= 0.3 is 11.9 Å². The summed E-state index contributed by atoms with van der Waals surface area (Å²) in [7, 11) is 1.25. The van der Waals surface area contributed by atoms with E-state index in [1.165, 1.54) is 7.11 Å². The van der Waals surface area contributed by atoms with Crippen LogP contribution < -0.4 is 5.32 Å². The van der Waals surface area contributed by atoms with E-state index >= 15 is 0 Å². The number of carbonyl (C=O) groups is 2. The number of aliphatic carboxylic acids is 1. The molecule has 0 bridgehead atoms. The fourth-order valence-electron chi connectivity index (χ4n) is 1.98. The van der Waals surface area contributed by atoms with Gasteiger partial charge in [0, 0.05) is 18.3 Å².